The third-order valence-electron chi connectivity index (χ3n) is 5.44. The molecular weight excluding hydrogens is 442 g/mol. The maximum atomic E-state index is 13.3. The van der Waals surface area contributed by atoms with Crippen LogP contribution in [0.25, 0.3) is 17.0 Å². The predicted octanol–water partition coefficient (Wildman–Crippen LogP) is 4.57. The summed E-state index contributed by atoms with van der Waals surface area (Å²) < 4.78 is 11.0. The van der Waals surface area contributed by atoms with Crippen molar-refractivity contribution in [1.29, 1.82) is 0 Å². The number of hydrogen-bond acceptors (Lipinski definition) is 5. The molecular formula is C28H27N3O4. The van der Waals surface area contributed by atoms with Crippen LogP contribution in [-0.4, -0.2) is 34.5 Å². The van der Waals surface area contributed by atoms with E-state index in [1.807, 2.05) is 55.5 Å². The van der Waals surface area contributed by atoms with E-state index in [9.17, 15) is 9.59 Å². The first-order valence-electron chi connectivity index (χ1n) is 11.4. The number of hydrogen-bond donors (Lipinski definition) is 1. The van der Waals surface area contributed by atoms with Gasteiger partial charge in [-0.3, -0.25) is 9.59 Å². The van der Waals surface area contributed by atoms with Gasteiger partial charge in [0.2, 0.25) is 5.91 Å². The van der Waals surface area contributed by atoms with Gasteiger partial charge in [-0.25, -0.2) is 4.98 Å². The lowest BCUT2D eigenvalue weighted by molar-refractivity contribution is -0.127. The Kier molecular flexibility index (Phi) is 7.57. The van der Waals surface area contributed by atoms with Gasteiger partial charge in [-0.15, -0.1) is 0 Å². The number of aromatic nitrogens is 2. The van der Waals surface area contributed by atoms with Crippen molar-refractivity contribution < 1.29 is 14.3 Å². The second-order valence-electron chi connectivity index (χ2n) is 7.89. The second kappa shape index (κ2) is 11.2. The minimum absolute atomic E-state index is 0.158. The molecule has 4 aromatic rings. The third-order valence-corrected chi connectivity index (χ3v) is 5.44. The summed E-state index contributed by atoms with van der Waals surface area (Å²) in [7, 11) is 1.59. The lowest BCUT2D eigenvalue weighted by atomic mass is 10.1. The van der Waals surface area contributed by atoms with E-state index in [1.54, 1.807) is 42.4 Å². The number of H-pyrrole nitrogens is 1. The average molecular weight is 470 g/mol. The molecule has 3 aromatic carbocycles. The number of ether oxygens (including phenoxy) is 2. The number of fused-ring (bicyclic) bond motifs is 1. The Bertz CT molecular complexity index is 1400. The summed E-state index contributed by atoms with van der Waals surface area (Å²) in [6.07, 6.45) is 3.25. The van der Waals surface area contributed by atoms with Crippen LogP contribution in [0.3, 0.4) is 0 Å². The fourth-order valence-electron chi connectivity index (χ4n) is 3.74. The molecule has 0 unspecified atom stereocenters. The third kappa shape index (κ3) is 5.95. The van der Waals surface area contributed by atoms with Crippen molar-refractivity contribution in [2.45, 2.75) is 20.0 Å². The number of amides is 1. The predicted molar refractivity (Wildman–Crippen MR) is 136 cm³/mol. The molecule has 0 bridgehead atoms. The molecule has 1 heterocycles. The van der Waals surface area contributed by atoms with Crippen LogP contribution >= 0.6 is 0 Å². The quantitative estimate of drug-likeness (QED) is 0.363. The maximum absolute atomic E-state index is 13.3. The number of carbonyl (C=O) groups excluding carboxylic acids is 1. The van der Waals surface area contributed by atoms with Crippen molar-refractivity contribution >= 4 is 22.9 Å². The van der Waals surface area contributed by atoms with Gasteiger partial charge in [-0.2, -0.15) is 0 Å². The second-order valence-corrected chi connectivity index (χ2v) is 7.89. The van der Waals surface area contributed by atoms with E-state index in [-0.39, 0.29) is 18.0 Å². The van der Waals surface area contributed by atoms with Crippen molar-refractivity contribution in [2.24, 2.45) is 0 Å². The molecule has 1 amide bonds. The van der Waals surface area contributed by atoms with E-state index >= 15 is 0 Å². The number of carbonyl (C=O) groups is 1. The van der Waals surface area contributed by atoms with Crippen molar-refractivity contribution in [3.63, 3.8) is 0 Å². The highest BCUT2D eigenvalue weighted by molar-refractivity contribution is 5.91. The molecule has 0 aliphatic rings. The molecule has 4 rings (SSSR count). The smallest absolute Gasteiger partial charge is 0.258 e. The number of nitrogens with one attached hydrogen (secondary N) is 1. The minimum Gasteiger partial charge on any atom is -0.493 e. The summed E-state index contributed by atoms with van der Waals surface area (Å²) in [5.74, 6) is 1.46. The van der Waals surface area contributed by atoms with E-state index in [0.29, 0.717) is 41.4 Å². The first-order valence-corrected chi connectivity index (χ1v) is 11.4. The molecule has 0 spiro atoms. The van der Waals surface area contributed by atoms with Crippen LogP contribution in [0.5, 0.6) is 11.5 Å². The zero-order valence-electron chi connectivity index (χ0n) is 19.7. The summed E-state index contributed by atoms with van der Waals surface area (Å²) in [4.78, 5) is 34.8. The van der Waals surface area contributed by atoms with Crippen molar-refractivity contribution in [1.82, 2.24) is 14.9 Å². The Morgan fingerprint density at radius 1 is 1.00 bits per heavy atom. The molecule has 0 atom stereocenters. The molecule has 0 aliphatic carbocycles. The summed E-state index contributed by atoms with van der Waals surface area (Å²) in [5.41, 5.74) is 2.14. The van der Waals surface area contributed by atoms with Crippen LogP contribution in [0.15, 0.2) is 83.7 Å². The molecule has 1 aromatic heterocycles. The molecule has 0 fully saturated rings. The lowest BCUT2D eigenvalue weighted by Crippen LogP contribution is -2.30. The minimum atomic E-state index is -0.227. The van der Waals surface area contributed by atoms with Crippen LogP contribution in [0, 0.1) is 0 Å². The van der Waals surface area contributed by atoms with Gasteiger partial charge in [0.1, 0.15) is 5.82 Å². The Labute approximate surface area is 203 Å². The molecule has 0 radical (unpaired) electrons. The fourth-order valence-corrected chi connectivity index (χ4v) is 3.74. The zero-order valence-corrected chi connectivity index (χ0v) is 19.7. The largest absolute Gasteiger partial charge is 0.493 e. The SMILES string of the molecule is CCOc1cc(/C=C/C(=O)N(Cc2ccccc2)Cc2nc3ccccc3c(=O)[nH]2)ccc1OC. The van der Waals surface area contributed by atoms with Gasteiger partial charge in [-0.1, -0.05) is 48.5 Å². The first kappa shape index (κ1) is 23.8. The van der Waals surface area contributed by atoms with E-state index in [2.05, 4.69) is 9.97 Å². The molecule has 7 heteroatoms. The van der Waals surface area contributed by atoms with Crippen LogP contribution < -0.4 is 15.0 Å². The summed E-state index contributed by atoms with van der Waals surface area (Å²) in [6.45, 7) is 2.93. The monoisotopic (exact) mass is 469 g/mol. The van der Waals surface area contributed by atoms with Crippen LogP contribution in [0.2, 0.25) is 0 Å². The first-order chi connectivity index (χ1) is 17.1. The number of aromatic amines is 1. The topological polar surface area (TPSA) is 84.5 Å². The van der Waals surface area contributed by atoms with Crippen molar-refractivity contribution in [3.8, 4) is 11.5 Å². The highest BCUT2D eigenvalue weighted by Gasteiger charge is 2.15. The normalized spacial score (nSPS) is 11.0. The van der Waals surface area contributed by atoms with Gasteiger partial charge in [-0.05, 0) is 48.4 Å². The van der Waals surface area contributed by atoms with Gasteiger partial charge in [0.15, 0.2) is 11.5 Å². The molecule has 178 valence electrons. The van der Waals surface area contributed by atoms with Crippen LogP contribution in [-0.2, 0) is 17.9 Å². The van der Waals surface area contributed by atoms with Gasteiger partial charge in [0.25, 0.3) is 5.56 Å². The number of benzene rings is 3. The van der Waals surface area contributed by atoms with Crippen LogP contribution in [0.1, 0.15) is 23.9 Å². The Morgan fingerprint density at radius 3 is 2.54 bits per heavy atom. The van der Waals surface area contributed by atoms with Gasteiger partial charge in [0.05, 0.1) is 31.2 Å². The molecule has 0 saturated carbocycles. The number of methoxy groups -OCH3 is 1. The highest BCUT2D eigenvalue weighted by atomic mass is 16.5. The van der Waals surface area contributed by atoms with Crippen LogP contribution in [0.4, 0.5) is 0 Å². The molecule has 35 heavy (non-hydrogen) atoms. The van der Waals surface area contributed by atoms with E-state index in [0.717, 1.165) is 11.1 Å². The van der Waals surface area contributed by atoms with Gasteiger partial charge >= 0.3 is 0 Å². The van der Waals surface area contributed by atoms with Gasteiger partial charge in [0, 0.05) is 12.6 Å². The Balaban J connectivity index is 1.61. The summed E-state index contributed by atoms with van der Waals surface area (Å²) in [5, 5.41) is 0.515. The number of para-hydroxylation sites is 1. The maximum Gasteiger partial charge on any atom is 0.258 e. The standard InChI is InChI=1S/C28H27N3O4/c1-3-35-25-17-20(13-15-24(25)34-2)14-16-27(32)31(18-21-9-5-4-6-10-21)19-26-29-23-12-8-7-11-22(23)28(33)30-26/h4-17H,3,18-19H2,1-2H3,(H,29,30,33)/b16-14+. The lowest BCUT2D eigenvalue weighted by Gasteiger charge is -2.21. The van der Waals surface area contributed by atoms with Crippen molar-refractivity contribution in [3.05, 3.63) is 106 Å². The molecule has 0 saturated heterocycles. The van der Waals surface area contributed by atoms with E-state index < -0.39 is 0 Å². The Morgan fingerprint density at radius 2 is 1.77 bits per heavy atom. The average Bonchev–Trinajstić information content (AvgIpc) is 2.88. The molecule has 1 N–H and O–H groups in total. The Hall–Kier alpha value is -4.39. The molecule has 7 nitrogen and oxygen atoms in total. The number of rotatable bonds is 9. The summed E-state index contributed by atoms with van der Waals surface area (Å²) in [6, 6.07) is 22.3. The van der Waals surface area contributed by atoms with Gasteiger partial charge < -0.3 is 19.4 Å². The van der Waals surface area contributed by atoms with E-state index in [4.69, 9.17) is 9.47 Å². The zero-order chi connectivity index (χ0) is 24.6. The summed E-state index contributed by atoms with van der Waals surface area (Å²) >= 11 is 0. The molecule has 0 aliphatic heterocycles. The van der Waals surface area contributed by atoms with E-state index in [1.165, 1.54) is 6.08 Å². The highest BCUT2D eigenvalue weighted by Crippen LogP contribution is 2.28. The number of nitrogens with zero attached hydrogens (tertiary/aromatic N) is 2. The van der Waals surface area contributed by atoms with Crippen molar-refractivity contribution in [2.75, 3.05) is 13.7 Å². The fraction of sp³-hybridized carbons (Fsp3) is 0.179.